The summed E-state index contributed by atoms with van der Waals surface area (Å²) in [5, 5.41) is 0. The summed E-state index contributed by atoms with van der Waals surface area (Å²) in [6.07, 6.45) is -4.32. The molecule has 0 aliphatic heterocycles. The van der Waals surface area contributed by atoms with E-state index in [1.54, 1.807) is 18.2 Å². The Morgan fingerprint density at radius 1 is 1.21 bits per heavy atom. The lowest BCUT2D eigenvalue weighted by Gasteiger charge is -2.11. The largest absolute Gasteiger partial charge is 0.484 e. The van der Waals surface area contributed by atoms with Gasteiger partial charge in [0.25, 0.3) is 0 Å². The van der Waals surface area contributed by atoms with Gasteiger partial charge in [-0.3, -0.25) is 0 Å². The lowest BCUT2D eigenvalue weighted by atomic mass is 10.2. The summed E-state index contributed by atoms with van der Waals surface area (Å²) in [5.74, 6) is 0.187. The first-order valence-electron chi connectivity index (χ1n) is 4.00. The van der Waals surface area contributed by atoms with E-state index < -0.39 is 12.8 Å². The maximum Gasteiger partial charge on any atom is 0.422 e. The van der Waals surface area contributed by atoms with Gasteiger partial charge in [-0.15, -0.1) is 0 Å². The average Bonchev–Trinajstić information content (AvgIpc) is 2.14. The van der Waals surface area contributed by atoms with Crippen LogP contribution in [-0.4, -0.2) is 12.8 Å². The molecule has 0 atom stereocenters. The second-order valence-corrected chi connectivity index (χ2v) is 2.72. The fourth-order valence-corrected chi connectivity index (χ4v) is 0.973. The number of alkyl halides is 3. The average molecular weight is 205 g/mol. The van der Waals surface area contributed by atoms with Crippen molar-refractivity contribution >= 4 is 0 Å². The fourth-order valence-electron chi connectivity index (χ4n) is 0.973. The van der Waals surface area contributed by atoms with Crippen molar-refractivity contribution in [3.05, 3.63) is 29.8 Å². The molecule has 0 spiro atoms. The number of para-hydroxylation sites is 1. The first-order valence-corrected chi connectivity index (χ1v) is 4.00. The minimum atomic E-state index is -4.32. The van der Waals surface area contributed by atoms with Crippen molar-refractivity contribution < 1.29 is 17.9 Å². The second kappa shape index (κ2) is 4.32. The topological polar surface area (TPSA) is 35.2 Å². The molecule has 1 aromatic carbocycles. The monoisotopic (exact) mass is 205 g/mol. The Labute approximate surface area is 79.5 Å². The van der Waals surface area contributed by atoms with Crippen LogP contribution >= 0.6 is 0 Å². The molecule has 0 bridgehead atoms. The maximum absolute atomic E-state index is 11.8. The van der Waals surface area contributed by atoms with Gasteiger partial charge in [-0.05, 0) is 6.07 Å². The van der Waals surface area contributed by atoms with Crippen molar-refractivity contribution in [2.75, 3.05) is 6.61 Å². The van der Waals surface area contributed by atoms with Crippen molar-refractivity contribution in [2.45, 2.75) is 12.7 Å². The number of nitrogens with two attached hydrogens (primary N) is 1. The zero-order chi connectivity index (χ0) is 10.6. The number of rotatable bonds is 3. The van der Waals surface area contributed by atoms with Crippen LogP contribution in [0.5, 0.6) is 5.75 Å². The second-order valence-electron chi connectivity index (χ2n) is 2.72. The highest BCUT2D eigenvalue weighted by molar-refractivity contribution is 5.32. The SMILES string of the molecule is NCc1ccccc1OCC(F)(F)F. The van der Waals surface area contributed by atoms with E-state index in [-0.39, 0.29) is 12.3 Å². The van der Waals surface area contributed by atoms with E-state index in [4.69, 9.17) is 5.73 Å². The molecule has 0 unspecified atom stereocenters. The molecule has 5 heteroatoms. The third kappa shape index (κ3) is 3.26. The lowest BCUT2D eigenvalue weighted by molar-refractivity contribution is -0.153. The summed E-state index contributed by atoms with van der Waals surface area (Å²) < 4.78 is 40.0. The van der Waals surface area contributed by atoms with Crippen LogP contribution < -0.4 is 10.5 Å². The van der Waals surface area contributed by atoms with Gasteiger partial charge in [0, 0.05) is 12.1 Å². The minimum Gasteiger partial charge on any atom is -0.484 e. The molecule has 0 saturated carbocycles. The Hall–Kier alpha value is -1.23. The van der Waals surface area contributed by atoms with Crippen LogP contribution in [0.1, 0.15) is 5.56 Å². The van der Waals surface area contributed by atoms with E-state index in [2.05, 4.69) is 4.74 Å². The van der Waals surface area contributed by atoms with Crippen LogP contribution in [-0.2, 0) is 6.54 Å². The van der Waals surface area contributed by atoms with Crippen LogP contribution in [0.2, 0.25) is 0 Å². The molecule has 2 nitrogen and oxygen atoms in total. The first-order chi connectivity index (χ1) is 6.53. The molecule has 0 aromatic heterocycles. The molecule has 0 fully saturated rings. The molecule has 0 aliphatic rings. The zero-order valence-corrected chi connectivity index (χ0v) is 7.34. The van der Waals surface area contributed by atoms with E-state index in [0.29, 0.717) is 5.56 Å². The van der Waals surface area contributed by atoms with Crippen molar-refractivity contribution in [1.82, 2.24) is 0 Å². The Morgan fingerprint density at radius 3 is 2.43 bits per heavy atom. The number of hydrogen-bond acceptors (Lipinski definition) is 2. The van der Waals surface area contributed by atoms with Crippen molar-refractivity contribution in [3.8, 4) is 5.75 Å². The van der Waals surface area contributed by atoms with E-state index in [1.165, 1.54) is 6.07 Å². The van der Waals surface area contributed by atoms with Crippen LogP contribution in [0, 0.1) is 0 Å². The number of halogens is 3. The summed E-state index contributed by atoms with van der Waals surface area (Å²) >= 11 is 0. The predicted octanol–water partition coefficient (Wildman–Crippen LogP) is 2.09. The molecule has 0 radical (unpaired) electrons. The number of ether oxygens (including phenoxy) is 1. The van der Waals surface area contributed by atoms with Gasteiger partial charge in [-0.2, -0.15) is 13.2 Å². The summed E-state index contributed by atoms with van der Waals surface area (Å²) in [6, 6.07) is 6.40. The molecule has 0 amide bonds. The van der Waals surface area contributed by atoms with Gasteiger partial charge in [-0.1, -0.05) is 18.2 Å². The molecule has 0 saturated heterocycles. The number of hydrogen-bond donors (Lipinski definition) is 1. The maximum atomic E-state index is 11.8. The fraction of sp³-hybridized carbons (Fsp3) is 0.333. The van der Waals surface area contributed by atoms with E-state index in [0.717, 1.165) is 0 Å². The summed E-state index contributed by atoms with van der Waals surface area (Å²) in [6.45, 7) is -1.13. The van der Waals surface area contributed by atoms with E-state index in [9.17, 15) is 13.2 Å². The standard InChI is InChI=1S/C9H10F3NO/c10-9(11,12)6-14-8-4-2-1-3-7(8)5-13/h1-4H,5-6,13H2. The molecule has 1 aromatic rings. The molecule has 0 aliphatic carbocycles. The quantitative estimate of drug-likeness (QED) is 0.819. The number of benzene rings is 1. The first kappa shape index (κ1) is 10.8. The van der Waals surface area contributed by atoms with Gasteiger partial charge in [0.1, 0.15) is 5.75 Å². The van der Waals surface area contributed by atoms with Crippen molar-refractivity contribution in [2.24, 2.45) is 5.73 Å². The molecule has 2 N–H and O–H groups in total. The third-order valence-corrected chi connectivity index (χ3v) is 1.58. The summed E-state index contributed by atoms with van der Waals surface area (Å²) in [7, 11) is 0. The van der Waals surface area contributed by atoms with Crippen LogP contribution in [0.15, 0.2) is 24.3 Å². The Bertz CT molecular complexity index is 298. The Morgan fingerprint density at radius 2 is 1.86 bits per heavy atom. The van der Waals surface area contributed by atoms with Gasteiger partial charge in [0.05, 0.1) is 0 Å². The normalized spacial score (nSPS) is 11.4. The highest BCUT2D eigenvalue weighted by atomic mass is 19.4. The van der Waals surface area contributed by atoms with Crippen LogP contribution in [0.4, 0.5) is 13.2 Å². The van der Waals surface area contributed by atoms with Crippen LogP contribution in [0.25, 0.3) is 0 Å². The van der Waals surface area contributed by atoms with Gasteiger partial charge < -0.3 is 10.5 Å². The smallest absolute Gasteiger partial charge is 0.422 e. The van der Waals surface area contributed by atoms with Gasteiger partial charge in [0.15, 0.2) is 6.61 Å². The summed E-state index contributed by atoms with van der Waals surface area (Å²) in [5.41, 5.74) is 5.90. The summed E-state index contributed by atoms with van der Waals surface area (Å²) in [4.78, 5) is 0. The molecular weight excluding hydrogens is 195 g/mol. The van der Waals surface area contributed by atoms with Crippen molar-refractivity contribution in [1.29, 1.82) is 0 Å². The molecule has 1 rings (SSSR count). The molecule has 14 heavy (non-hydrogen) atoms. The Balaban J connectivity index is 2.67. The molecule has 78 valence electrons. The van der Waals surface area contributed by atoms with Gasteiger partial charge in [0.2, 0.25) is 0 Å². The van der Waals surface area contributed by atoms with E-state index >= 15 is 0 Å². The van der Waals surface area contributed by atoms with E-state index in [1.807, 2.05) is 0 Å². The van der Waals surface area contributed by atoms with Crippen molar-refractivity contribution in [3.63, 3.8) is 0 Å². The molecule has 0 heterocycles. The van der Waals surface area contributed by atoms with Gasteiger partial charge in [-0.25, -0.2) is 0 Å². The van der Waals surface area contributed by atoms with Crippen LogP contribution in [0.3, 0.4) is 0 Å². The van der Waals surface area contributed by atoms with Gasteiger partial charge >= 0.3 is 6.18 Å². The zero-order valence-electron chi connectivity index (χ0n) is 7.34. The highest BCUT2D eigenvalue weighted by Gasteiger charge is 2.28. The molecular formula is C9H10F3NO. The predicted molar refractivity (Wildman–Crippen MR) is 45.9 cm³/mol. The third-order valence-electron chi connectivity index (χ3n) is 1.58. The Kier molecular flexibility index (Phi) is 3.35. The highest BCUT2D eigenvalue weighted by Crippen LogP contribution is 2.21. The lowest BCUT2D eigenvalue weighted by Crippen LogP contribution is -2.20. The minimum absolute atomic E-state index is 0.161.